The first kappa shape index (κ1) is 16.4. The minimum absolute atomic E-state index is 0.00679. The first-order valence-electron chi connectivity index (χ1n) is 6.53. The fourth-order valence-electron chi connectivity index (χ4n) is 1.57. The first-order valence-corrected chi connectivity index (χ1v) is 7.33. The maximum absolute atomic E-state index is 13.3. The normalized spacial score (nSPS) is 12.4. The van der Waals surface area contributed by atoms with Gasteiger partial charge in [-0.25, -0.2) is 4.39 Å². The van der Waals surface area contributed by atoms with E-state index in [-0.39, 0.29) is 11.9 Å². The molecule has 1 unspecified atom stereocenters. The van der Waals surface area contributed by atoms with Crippen LogP contribution in [0.2, 0.25) is 0 Å². The number of ether oxygens (including phenoxy) is 2. The van der Waals surface area contributed by atoms with Crippen molar-refractivity contribution in [2.75, 3.05) is 26.3 Å². The molecule has 0 saturated carbocycles. The van der Waals surface area contributed by atoms with Crippen molar-refractivity contribution in [1.29, 1.82) is 0 Å². The molecule has 0 radical (unpaired) electrons. The van der Waals surface area contributed by atoms with Crippen molar-refractivity contribution >= 4 is 15.9 Å². The van der Waals surface area contributed by atoms with Crippen molar-refractivity contribution in [3.8, 4) is 5.75 Å². The second-order valence-corrected chi connectivity index (χ2v) is 5.11. The lowest BCUT2D eigenvalue weighted by molar-refractivity contribution is 0.143. The van der Waals surface area contributed by atoms with Crippen LogP contribution < -0.4 is 10.1 Å². The summed E-state index contributed by atoms with van der Waals surface area (Å²) in [5, 5.41) is 3.28. The summed E-state index contributed by atoms with van der Waals surface area (Å²) in [6.07, 6.45) is 0.973. The average molecular weight is 334 g/mol. The second kappa shape index (κ2) is 9.28. The molecule has 0 fully saturated rings. The topological polar surface area (TPSA) is 30.5 Å². The molecule has 0 saturated heterocycles. The molecule has 3 nitrogen and oxygen atoms in total. The van der Waals surface area contributed by atoms with Crippen molar-refractivity contribution < 1.29 is 13.9 Å². The van der Waals surface area contributed by atoms with Gasteiger partial charge in [0.25, 0.3) is 0 Å². The van der Waals surface area contributed by atoms with Gasteiger partial charge in [-0.15, -0.1) is 0 Å². The van der Waals surface area contributed by atoms with Gasteiger partial charge >= 0.3 is 0 Å². The number of hydrogen-bond acceptors (Lipinski definition) is 3. The smallest absolute Gasteiger partial charge is 0.141 e. The van der Waals surface area contributed by atoms with E-state index < -0.39 is 0 Å². The van der Waals surface area contributed by atoms with Crippen LogP contribution in [0.25, 0.3) is 0 Å². The van der Waals surface area contributed by atoms with Crippen LogP contribution in [0.5, 0.6) is 5.75 Å². The van der Waals surface area contributed by atoms with E-state index >= 15 is 0 Å². The fraction of sp³-hybridized carbons (Fsp3) is 0.571. The van der Waals surface area contributed by atoms with Gasteiger partial charge in [0.15, 0.2) is 0 Å². The Morgan fingerprint density at radius 2 is 2.21 bits per heavy atom. The Bertz CT molecular complexity index is 376. The van der Waals surface area contributed by atoms with Crippen LogP contribution in [-0.4, -0.2) is 32.4 Å². The molecule has 1 atom stereocenters. The van der Waals surface area contributed by atoms with Gasteiger partial charge < -0.3 is 14.8 Å². The van der Waals surface area contributed by atoms with Crippen LogP contribution in [0.15, 0.2) is 22.7 Å². The third-order valence-corrected chi connectivity index (χ3v) is 3.15. The Labute approximate surface area is 122 Å². The summed E-state index contributed by atoms with van der Waals surface area (Å²) in [5.41, 5.74) is 0. The van der Waals surface area contributed by atoms with Crippen LogP contribution in [0, 0.1) is 5.82 Å². The minimum Gasteiger partial charge on any atom is -0.489 e. The summed E-state index contributed by atoms with van der Waals surface area (Å²) in [6, 6.07) is 4.78. The largest absolute Gasteiger partial charge is 0.489 e. The molecule has 1 N–H and O–H groups in total. The fourth-order valence-corrected chi connectivity index (χ4v) is 1.82. The molecule has 0 amide bonds. The molecule has 19 heavy (non-hydrogen) atoms. The molecule has 0 aromatic heterocycles. The van der Waals surface area contributed by atoms with Crippen LogP contribution in [0.1, 0.15) is 20.3 Å². The molecule has 0 bridgehead atoms. The lowest BCUT2D eigenvalue weighted by Gasteiger charge is -2.15. The Kier molecular flexibility index (Phi) is 8.02. The van der Waals surface area contributed by atoms with Crippen molar-refractivity contribution in [2.24, 2.45) is 0 Å². The second-order valence-electron chi connectivity index (χ2n) is 4.26. The molecule has 0 aliphatic heterocycles. The van der Waals surface area contributed by atoms with E-state index in [9.17, 15) is 4.39 Å². The summed E-state index contributed by atoms with van der Waals surface area (Å²) >= 11 is 3.11. The number of nitrogens with one attached hydrogen (secondary N) is 1. The average Bonchev–Trinajstić information content (AvgIpc) is 2.38. The summed E-state index contributed by atoms with van der Waals surface area (Å²) in [4.78, 5) is 0. The van der Waals surface area contributed by atoms with E-state index in [0.717, 1.165) is 32.7 Å². The van der Waals surface area contributed by atoms with Gasteiger partial charge in [-0.3, -0.25) is 0 Å². The number of halogens is 2. The van der Waals surface area contributed by atoms with Crippen molar-refractivity contribution in [2.45, 2.75) is 26.4 Å². The predicted molar refractivity (Wildman–Crippen MR) is 78.2 cm³/mol. The van der Waals surface area contributed by atoms with Crippen LogP contribution >= 0.6 is 15.9 Å². The van der Waals surface area contributed by atoms with Gasteiger partial charge in [0, 0.05) is 25.8 Å². The third kappa shape index (κ3) is 6.89. The van der Waals surface area contributed by atoms with Crippen LogP contribution in [0.3, 0.4) is 0 Å². The van der Waals surface area contributed by atoms with Crippen molar-refractivity contribution in [3.63, 3.8) is 0 Å². The highest BCUT2D eigenvalue weighted by atomic mass is 79.9. The summed E-state index contributed by atoms with van der Waals surface area (Å²) in [7, 11) is 0. The molecule has 108 valence electrons. The third-order valence-electron chi connectivity index (χ3n) is 2.51. The standard InChI is InChI=1S/C14H21BrFNO2/c1-3-18-8-4-7-17-10-11(2)19-12-5-6-13(15)14(16)9-12/h5-6,9,11,17H,3-4,7-8,10H2,1-2H3. The SMILES string of the molecule is CCOCCCNCC(C)Oc1ccc(Br)c(F)c1. The Morgan fingerprint density at radius 1 is 1.42 bits per heavy atom. The molecule has 1 rings (SSSR count). The molecule has 1 aromatic rings. The lowest BCUT2D eigenvalue weighted by Crippen LogP contribution is -2.30. The van der Waals surface area contributed by atoms with E-state index in [1.807, 2.05) is 13.8 Å². The van der Waals surface area contributed by atoms with Crippen molar-refractivity contribution in [3.05, 3.63) is 28.5 Å². The maximum atomic E-state index is 13.3. The van der Waals surface area contributed by atoms with E-state index in [1.165, 1.54) is 6.07 Å². The Balaban J connectivity index is 2.19. The van der Waals surface area contributed by atoms with Gasteiger partial charge in [-0.1, -0.05) is 0 Å². The molecule has 5 heteroatoms. The van der Waals surface area contributed by atoms with E-state index in [1.54, 1.807) is 12.1 Å². The Morgan fingerprint density at radius 3 is 2.89 bits per heavy atom. The van der Waals surface area contributed by atoms with Crippen LogP contribution in [-0.2, 0) is 4.74 Å². The van der Waals surface area contributed by atoms with Gasteiger partial charge in [0.05, 0.1) is 4.47 Å². The minimum atomic E-state index is -0.311. The van der Waals surface area contributed by atoms with E-state index in [4.69, 9.17) is 9.47 Å². The van der Waals surface area contributed by atoms with Crippen LogP contribution in [0.4, 0.5) is 4.39 Å². The van der Waals surface area contributed by atoms with E-state index in [2.05, 4.69) is 21.2 Å². The zero-order valence-corrected chi connectivity index (χ0v) is 13.0. The Hall–Kier alpha value is -0.650. The number of benzene rings is 1. The maximum Gasteiger partial charge on any atom is 0.141 e. The highest BCUT2D eigenvalue weighted by molar-refractivity contribution is 9.10. The highest BCUT2D eigenvalue weighted by Gasteiger charge is 2.06. The lowest BCUT2D eigenvalue weighted by atomic mass is 10.3. The zero-order valence-electron chi connectivity index (χ0n) is 11.4. The summed E-state index contributed by atoms with van der Waals surface area (Å²) < 4.78 is 24.6. The molecule has 1 aromatic carbocycles. The molecular formula is C14H21BrFNO2. The number of rotatable bonds is 9. The highest BCUT2D eigenvalue weighted by Crippen LogP contribution is 2.21. The summed E-state index contributed by atoms with van der Waals surface area (Å²) in [5.74, 6) is 0.235. The predicted octanol–water partition coefficient (Wildman–Crippen LogP) is 3.37. The van der Waals surface area contributed by atoms with Gasteiger partial charge in [-0.2, -0.15) is 0 Å². The van der Waals surface area contributed by atoms with E-state index in [0.29, 0.717) is 10.2 Å². The number of hydrogen-bond donors (Lipinski definition) is 1. The van der Waals surface area contributed by atoms with Gasteiger partial charge in [0.1, 0.15) is 17.7 Å². The molecular weight excluding hydrogens is 313 g/mol. The monoisotopic (exact) mass is 333 g/mol. The summed E-state index contributed by atoms with van der Waals surface area (Å²) in [6.45, 7) is 7.09. The first-order chi connectivity index (χ1) is 9.13. The molecule has 0 heterocycles. The molecule has 0 aliphatic rings. The zero-order chi connectivity index (χ0) is 14.1. The van der Waals surface area contributed by atoms with Gasteiger partial charge in [0.2, 0.25) is 0 Å². The van der Waals surface area contributed by atoms with Gasteiger partial charge in [-0.05, 0) is 54.9 Å². The quantitative estimate of drug-likeness (QED) is 0.703. The molecule has 0 aliphatic carbocycles. The van der Waals surface area contributed by atoms with Crippen molar-refractivity contribution in [1.82, 2.24) is 5.32 Å². The molecule has 0 spiro atoms.